The number of benzene rings is 1. The number of nitrogens with zero attached hydrogens (tertiary/aromatic N) is 7. The van der Waals surface area contributed by atoms with E-state index in [1.165, 1.54) is 12.1 Å². The van der Waals surface area contributed by atoms with Crippen LogP contribution in [0.15, 0.2) is 77.4 Å². The van der Waals surface area contributed by atoms with E-state index in [-0.39, 0.29) is 5.82 Å². The third-order valence-electron chi connectivity index (χ3n) is 7.38. The molecule has 0 aliphatic carbocycles. The van der Waals surface area contributed by atoms with E-state index < -0.39 is 0 Å². The number of rotatable bonds is 11. The lowest BCUT2D eigenvalue weighted by Crippen LogP contribution is -2.19. The van der Waals surface area contributed by atoms with Crippen molar-refractivity contribution in [2.24, 2.45) is 9.98 Å². The van der Waals surface area contributed by atoms with Crippen LogP contribution in [0.3, 0.4) is 0 Å². The predicted molar refractivity (Wildman–Crippen MR) is 175 cm³/mol. The average molecular weight is 607 g/mol. The van der Waals surface area contributed by atoms with Crippen molar-refractivity contribution in [3.8, 4) is 33.9 Å². The van der Waals surface area contributed by atoms with Gasteiger partial charge in [-0.05, 0) is 64.1 Å². The van der Waals surface area contributed by atoms with Crippen LogP contribution in [0.5, 0.6) is 11.5 Å². The zero-order valence-electron chi connectivity index (χ0n) is 25.8. The number of aromatic amines is 1. The van der Waals surface area contributed by atoms with Gasteiger partial charge in [-0.2, -0.15) is 0 Å². The lowest BCUT2D eigenvalue weighted by atomic mass is 9.99. The summed E-state index contributed by atoms with van der Waals surface area (Å²) in [6.45, 7) is 2.98. The van der Waals surface area contributed by atoms with Crippen LogP contribution in [-0.2, 0) is 6.54 Å². The van der Waals surface area contributed by atoms with E-state index in [0.29, 0.717) is 36.8 Å². The van der Waals surface area contributed by atoms with Crippen molar-refractivity contribution < 1.29 is 13.9 Å². The zero-order valence-corrected chi connectivity index (χ0v) is 25.8. The van der Waals surface area contributed by atoms with Gasteiger partial charge < -0.3 is 24.3 Å². The molecule has 0 atom stereocenters. The van der Waals surface area contributed by atoms with Crippen LogP contribution in [0.4, 0.5) is 4.39 Å². The first-order valence-corrected chi connectivity index (χ1v) is 14.7. The molecule has 1 aliphatic rings. The molecule has 0 amide bonds. The Kier molecular flexibility index (Phi) is 8.90. The van der Waals surface area contributed by atoms with Crippen molar-refractivity contribution in [2.45, 2.75) is 6.54 Å². The molecule has 0 spiro atoms. The molecular weight excluding hydrogens is 571 g/mol. The lowest BCUT2D eigenvalue weighted by Gasteiger charge is -2.12. The molecule has 45 heavy (non-hydrogen) atoms. The summed E-state index contributed by atoms with van der Waals surface area (Å²) in [6, 6.07) is 10.7. The monoisotopic (exact) mass is 606 g/mol. The predicted octanol–water partition coefficient (Wildman–Crippen LogP) is 5.09. The van der Waals surface area contributed by atoms with Gasteiger partial charge in [-0.1, -0.05) is 0 Å². The summed E-state index contributed by atoms with van der Waals surface area (Å²) in [5.74, 6) is 0.780. The molecule has 6 rings (SSSR count). The molecule has 1 N–H and O–H groups in total. The molecule has 230 valence electrons. The van der Waals surface area contributed by atoms with Gasteiger partial charge >= 0.3 is 0 Å². The highest BCUT2D eigenvalue weighted by atomic mass is 19.1. The zero-order chi connectivity index (χ0) is 31.3. The van der Waals surface area contributed by atoms with E-state index in [9.17, 15) is 4.39 Å². The third-order valence-corrected chi connectivity index (χ3v) is 7.38. The van der Waals surface area contributed by atoms with Crippen molar-refractivity contribution in [1.29, 1.82) is 0 Å². The van der Waals surface area contributed by atoms with Crippen LogP contribution in [0.1, 0.15) is 16.8 Å². The van der Waals surface area contributed by atoms with Crippen molar-refractivity contribution in [3.63, 3.8) is 0 Å². The first-order valence-electron chi connectivity index (χ1n) is 14.7. The first-order chi connectivity index (χ1) is 21.8. The van der Waals surface area contributed by atoms with E-state index >= 15 is 0 Å². The third kappa shape index (κ3) is 7.05. The maximum absolute atomic E-state index is 14.7. The average Bonchev–Trinajstić information content (AvgIpc) is 3.33. The van der Waals surface area contributed by atoms with E-state index in [0.717, 1.165) is 63.3 Å². The van der Waals surface area contributed by atoms with Crippen molar-refractivity contribution in [2.75, 3.05) is 54.5 Å². The maximum Gasteiger partial charge on any atom is 0.138 e. The number of fused-ring (bicyclic) bond motifs is 2. The Hall–Kier alpha value is -5.00. The van der Waals surface area contributed by atoms with Crippen molar-refractivity contribution >= 4 is 23.0 Å². The van der Waals surface area contributed by atoms with Crippen LogP contribution in [0.25, 0.3) is 33.3 Å². The largest absolute Gasteiger partial charge is 0.492 e. The summed E-state index contributed by atoms with van der Waals surface area (Å²) >= 11 is 0. The minimum atomic E-state index is -0.375. The number of ether oxygens (including phenoxy) is 2. The van der Waals surface area contributed by atoms with Gasteiger partial charge in [0, 0.05) is 65.4 Å². The van der Waals surface area contributed by atoms with E-state index in [1.807, 2.05) is 63.6 Å². The van der Waals surface area contributed by atoms with Crippen LogP contribution in [0.2, 0.25) is 0 Å². The van der Waals surface area contributed by atoms with Crippen LogP contribution >= 0.6 is 0 Å². The summed E-state index contributed by atoms with van der Waals surface area (Å²) in [5.41, 5.74) is 7.18. The molecule has 0 fully saturated rings. The molecule has 1 aliphatic heterocycles. The Morgan fingerprint density at radius 2 is 1.53 bits per heavy atom. The maximum atomic E-state index is 14.7. The molecule has 5 heterocycles. The second-order valence-corrected chi connectivity index (χ2v) is 11.4. The van der Waals surface area contributed by atoms with E-state index in [2.05, 4.69) is 24.8 Å². The van der Waals surface area contributed by atoms with Crippen molar-refractivity contribution in [3.05, 3.63) is 90.0 Å². The van der Waals surface area contributed by atoms with E-state index in [1.54, 1.807) is 31.1 Å². The quantitative estimate of drug-likeness (QED) is 0.224. The van der Waals surface area contributed by atoms with Crippen LogP contribution < -0.4 is 9.47 Å². The Morgan fingerprint density at radius 1 is 0.778 bits per heavy atom. The smallest absolute Gasteiger partial charge is 0.138 e. The minimum absolute atomic E-state index is 0.375. The van der Waals surface area contributed by atoms with Gasteiger partial charge in [-0.15, -0.1) is 0 Å². The molecule has 0 unspecified atom stereocenters. The highest BCUT2D eigenvalue weighted by Gasteiger charge is 2.19. The minimum Gasteiger partial charge on any atom is -0.492 e. The SMILES string of the molecule is CN(C)CCOc1cncc(-c2cc3c(cn2)CN=CN=C3c2cc3c(-c4cc(F)cc(OCCN(C)C)c4)cncc3[nH]2)c1. The number of halogens is 1. The number of hydrogen-bond donors (Lipinski definition) is 1. The summed E-state index contributed by atoms with van der Waals surface area (Å²) in [7, 11) is 7.95. The van der Waals surface area contributed by atoms with Gasteiger partial charge in [0.25, 0.3) is 0 Å². The number of hydrogen-bond acceptors (Lipinski definition) is 9. The van der Waals surface area contributed by atoms with Gasteiger partial charge in [0.2, 0.25) is 0 Å². The summed E-state index contributed by atoms with van der Waals surface area (Å²) in [5, 5.41) is 0.885. The molecule has 5 aromatic rings. The topological polar surface area (TPSA) is 104 Å². The Balaban J connectivity index is 1.34. The number of H-pyrrole nitrogens is 1. The van der Waals surface area contributed by atoms with Crippen molar-refractivity contribution in [1.82, 2.24) is 29.7 Å². The van der Waals surface area contributed by atoms with Gasteiger partial charge in [-0.25, -0.2) is 9.38 Å². The van der Waals surface area contributed by atoms with Crippen LogP contribution in [0, 0.1) is 5.82 Å². The lowest BCUT2D eigenvalue weighted by molar-refractivity contribution is 0.260. The standard InChI is InChI=1S/C34H35FN8O2/c1-42(2)5-7-44-26-10-22(9-25(35)12-26)30-19-37-20-33-29(30)14-32(41-33)34-28-13-31(39-17-24(28)16-38-21-40-34)23-11-27(18-36-15-23)45-8-6-43(3)4/h9-15,17-21,41H,5-8,16H2,1-4H3. The molecule has 11 heteroatoms. The highest BCUT2D eigenvalue weighted by Crippen LogP contribution is 2.33. The van der Waals surface area contributed by atoms with E-state index in [4.69, 9.17) is 19.5 Å². The molecule has 4 aromatic heterocycles. The van der Waals surface area contributed by atoms with Gasteiger partial charge in [0.1, 0.15) is 36.9 Å². The molecule has 0 radical (unpaired) electrons. The molecule has 0 saturated carbocycles. The summed E-state index contributed by atoms with van der Waals surface area (Å²) in [6.07, 6.45) is 10.4. The summed E-state index contributed by atoms with van der Waals surface area (Å²) < 4.78 is 26.5. The van der Waals surface area contributed by atoms with Gasteiger partial charge in [0.15, 0.2) is 0 Å². The van der Waals surface area contributed by atoms with Crippen LogP contribution in [-0.4, -0.2) is 96.3 Å². The second-order valence-electron chi connectivity index (χ2n) is 11.4. The fourth-order valence-electron chi connectivity index (χ4n) is 5.05. The fraction of sp³-hybridized carbons (Fsp3) is 0.265. The Labute approximate surface area is 261 Å². The normalized spacial score (nSPS) is 12.8. The number of aromatic nitrogens is 4. The summed E-state index contributed by atoms with van der Waals surface area (Å²) in [4.78, 5) is 30.3. The fourth-order valence-corrected chi connectivity index (χ4v) is 5.05. The number of pyridine rings is 3. The van der Waals surface area contributed by atoms with Gasteiger partial charge in [0.05, 0.1) is 41.6 Å². The second kappa shape index (κ2) is 13.3. The number of aliphatic imine (C=N–C) groups is 2. The molecule has 10 nitrogen and oxygen atoms in total. The first kappa shape index (κ1) is 30.0. The highest BCUT2D eigenvalue weighted by molar-refractivity contribution is 6.18. The Bertz CT molecular complexity index is 1880. The Morgan fingerprint density at radius 3 is 2.33 bits per heavy atom. The molecular formula is C34H35FN8O2. The molecule has 0 saturated heterocycles. The molecule has 1 aromatic carbocycles. The molecule has 0 bridgehead atoms. The number of nitrogens with one attached hydrogen (secondary N) is 1. The number of likely N-dealkylation sites (N-methyl/N-ethyl adjacent to an activating group) is 2. The van der Waals surface area contributed by atoms with Gasteiger partial charge in [-0.3, -0.25) is 19.9 Å².